The number of allylic oxidation sites excluding steroid dienone is 1. The first-order chi connectivity index (χ1) is 14.6. The molecule has 0 unspecified atom stereocenters. The van der Waals surface area contributed by atoms with E-state index in [2.05, 4.69) is 21.5 Å². The number of aliphatic hydroxyl groups is 1. The number of rotatable bonds is 3. The van der Waals surface area contributed by atoms with Crippen LogP contribution in [-0.2, 0) is 11.2 Å². The number of ketones is 1. The molecule has 7 heteroatoms. The molecule has 1 aliphatic heterocycles. The summed E-state index contributed by atoms with van der Waals surface area (Å²) in [7, 11) is 0. The Morgan fingerprint density at radius 3 is 2.70 bits per heavy atom. The van der Waals surface area contributed by atoms with Crippen LogP contribution in [0, 0.1) is 0 Å². The maximum absolute atomic E-state index is 13.4. The van der Waals surface area contributed by atoms with Crippen LogP contribution < -0.4 is 5.32 Å². The molecule has 2 N–H and O–H groups in total. The van der Waals surface area contributed by atoms with Gasteiger partial charge in [-0.3, -0.25) is 4.79 Å². The summed E-state index contributed by atoms with van der Waals surface area (Å²) in [5, 5.41) is 19.8. The number of nitrogens with one attached hydrogen (secondary N) is 1. The van der Waals surface area contributed by atoms with Crippen molar-refractivity contribution < 1.29 is 9.90 Å². The van der Waals surface area contributed by atoms with Gasteiger partial charge in [-0.2, -0.15) is 5.10 Å². The van der Waals surface area contributed by atoms with Crippen LogP contribution >= 0.6 is 11.6 Å². The van der Waals surface area contributed by atoms with E-state index in [9.17, 15) is 9.90 Å². The highest BCUT2D eigenvalue weighted by Gasteiger charge is 2.42. The van der Waals surface area contributed by atoms with Gasteiger partial charge in [0.1, 0.15) is 24.5 Å². The van der Waals surface area contributed by atoms with Crippen molar-refractivity contribution in [1.82, 2.24) is 20.1 Å². The minimum Gasteiger partial charge on any atom is -0.510 e. The number of aromatic nitrogens is 3. The van der Waals surface area contributed by atoms with E-state index in [0.717, 1.165) is 24.1 Å². The molecule has 2 aliphatic rings. The normalized spacial score (nSPS) is 24.0. The van der Waals surface area contributed by atoms with Crippen molar-refractivity contribution in [2.75, 3.05) is 6.54 Å². The topological polar surface area (TPSA) is 80.0 Å². The van der Waals surface area contributed by atoms with E-state index < -0.39 is 6.04 Å². The van der Waals surface area contributed by atoms with Crippen molar-refractivity contribution in [3.8, 4) is 0 Å². The lowest BCUT2D eigenvalue weighted by Crippen LogP contribution is -2.38. The van der Waals surface area contributed by atoms with Crippen LogP contribution in [0.5, 0.6) is 0 Å². The van der Waals surface area contributed by atoms with E-state index in [-0.39, 0.29) is 29.9 Å². The third-order valence-corrected chi connectivity index (χ3v) is 6.31. The lowest BCUT2D eigenvalue weighted by atomic mass is 9.75. The first kappa shape index (κ1) is 19.0. The summed E-state index contributed by atoms with van der Waals surface area (Å²) in [6.07, 6.45) is 4.19. The van der Waals surface area contributed by atoms with Crippen molar-refractivity contribution >= 4 is 17.4 Å². The molecular formula is C23H21ClN4O2. The van der Waals surface area contributed by atoms with Crippen LogP contribution in [0.4, 0.5) is 0 Å². The highest BCUT2D eigenvalue weighted by atomic mass is 35.5. The van der Waals surface area contributed by atoms with E-state index in [1.807, 2.05) is 30.3 Å². The number of Topliss-reactive ketones (excluding diaryl/α,β-unsaturated/α-hetero) is 1. The Morgan fingerprint density at radius 1 is 1.13 bits per heavy atom. The molecule has 5 rings (SSSR count). The van der Waals surface area contributed by atoms with Gasteiger partial charge in [0.2, 0.25) is 0 Å². The van der Waals surface area contributed by atoms with E-state index in [0.29, 0.717) is 10.6 Å². The minimum atomic E-state index is -0.516. The van der Waals surface area contributed by atoms with Gasteiger partial charge < -0.3 is 10.4 Å². The van der Waals surface area contributed by atoms with Crippen LogP contribution in [0.3, 0.4) is 0 Å². The number of nitrogens with zero attached hydrogens (tertiary/aromatic N) is 3. The van der Waals surface area contributed by atoms with E-state index >= 15 is 0 Å². The Kier molecular flexibility index (Phi) is 4.89. The summed E-state index contributed by atoms with van der Waals surface area (Å²) in [6.45, 7) is 0.750. The molecule has 2 aromatic carbocycles. The Labute approximate surface area is 179 Å². The lowest BCUT2D eigenvalue weighted by molar-refractivity contribution is -0.117. The molecule has 0 saturated carbocycles. The SMILES string of the molecule is O=C1C[C@H](c2ccc(Cl)cc2)[C@@H](n2cncn2)C(O)=C1[C@H]1NCCc2ccccc21. The number of hydrogen-bond acceptors (Lipinski definition) is 5. The second-order valence-corrected chi connectivity index (χ2v) is 8.18. The van der Waals surface area contributed by atoms with Gasteiger partial charge in [0, 0.05) is 23.9 Å². The molecule has 0 amide bonds. The molecule has 2 heterocycles. The molecule has 0 bridgehead atoms. The van der Waals surface area contributed by atoms with Crippen molar-refractivity contribution in [2.45, 2.75) is 30.8 Å². The summed E-state index contributed by atoms with van der Waals surface area (Å²) in [5.74, 6) is -0.275. The summed E-state index contributed by atoms with van der Waals surface area (Å²) in [6, 6.07) is 14.6. The molecule has 0 radical (unpaired) electrons. The van der Waals surface area contributed by atoms with Gasteiger partial charge in [-0.05, 0) is 35.2 Å². The third-order valence-electron chi connectivity index (χ3n) is 6.06. The lowest BCUT2D eigenvalue weighted by Gasteiger charge is -2.36. The average Bonchev–Trinajstić information content (AvgIpc) is 3.28. The van der Waals surface area contributed by atoms with Crippen molar-refractivity contribution in [3.63, 3.8) is 0 Å². The number of aliphatic hydroxyl groups excluding tert-OH is 1. The minimum absolute atomic E-state index is 0.0471. The van der Waals surface area contributed by atoms with E-state index in [1.165, 1.54) is 11.9 Å². The van der Waals surface area contributed by atoms with Crippen molar-refractivity contribution in [3.05, 3.63) is 94.2 Å². The number of hydrogen-bond donors (Lipinski definition) is 2. The molecule has 6 nitrogen and oxygen atoms in total. The number of benzene rings is 2. The van der Waals surface area contributed by atoms with Gasteiger partial charge in [0.15, 0.2) is 5.78 Å². The maximum atomic E-state index is 13.4. The zero-order valence-corrected chi connectivity index (χ0v) is 17.0. The molecule has 152 valence electrons. The Morgan fingerprint density at radius 2 is 1.93 bits per heavy atom. The van der Waals surface area contributed by atoms with Gasteiger partial charge in [-0.15, -0.1) is 0 Å². The quantitative estimate of drug-likeness (QED) is 0.671. The average molecular weight is 421 g/mol. The van der Waals surface area contributed by atoms with Gasteiger partial charge in [0.25, 0.3) is 0 Å². The molecule has 1 aliphatic carbocycles. The monoisotopic (exact) mass is 420 g/mol. The summed E-state index contributed by atoms with van der Waals surface area (Å²) < 4.78 is 1.63. The van der Waals surface area contributed by atoms with Gasteiger partial charge in [-0.25, -0.2) is 9.67 Å². The molecular weight excluding hydrogens is 400 g/mol. The molecule has 0 saturated heterocycles. The predicted molar refractivity (Wildman–Crippen MR) is 113 cm³/mol. The predicted octanol–water partition coefficient (Wildman–Crippen LogP) is 3.93. The summed E-state index contributed by atoms with van der Waals surface area (Å²) in [4.78, 5) is 17.4. The first-order valence-electron chi connectivity index (χ1n) is 10.0. The number of carbonyl (C=O) groups is 1. The number of halogens is 1. The second kappa shape index (κ2) is 7.70. The molecule has 0 spiro atoms. The van der Waals surface area contributed by atoms with Crippen LogP contribution in [0.2, 0.25) is 5.02 Å². The Hall–Kier alpha value is -2.96. The fraction of sp³-hybridized carbons (Fsp3) is 0.261. The fourth-order valence-electron chi connectivity index (χ4n) is 4.67. The third kappa shape index (κ3) is 3.22. The zero-order valence-electron chi connectivity index (χ0n) is 16.2. The van der Waals surface area contributed by atoms with Crippen LogP contribution in [0.1, 0.15) is 41.1 Å². The zero-order chi connectivity index (χ0) is 20.7. The fourth-order valence-corrected chi connectivity index (χ4v) is 4.79. The maximum Gasteiger partial charge on any atom is 0.164 e. The van der Waals surface area contributed by atoms with Crippen LogP contribution in [0.25, 0.3) is 0 Å². The standard InChI is InChI=1S/C23H21ClN4O2/c24-16-7-5-15(6-8-16)18-11-19(29)20(23(30)22(18)28-13-25-12-27-28)21-17-4-2-1-3-14(17)9-10-26-21/h1-8,12-13,18,21-22,26,30H,9-11H2/t18-,21+,22-/m1/s1. The van der Waals surface area contributed by atoms with Gasteiger partial charge >= 0.3 is 0 Å². The highest BCUT2D eigenvalue weighted by molar-refractivity contribution is 6.30. The smallest absolute Gasteiger partial charge is 0.164 e. The molecule has 0 fully saturated rings. The Balaban J connectivity index is 1.64. The van der Waals surface area contributed by atoms with E-state index in [1.54, 1.807) is 23.1 Å². The second-order valence-electron chi connectivity index (χ2n) is 7.74. The summed E-state index contributed by atoms with van der Waals surface area (Å²) in [5.41, 5.74) is 3.59. The highest BCUT2D eigenvalue weighted by Crippen LogP contribution is 2.45. The summed E-state index contributed by atoms with van der Waals surface area (Å²) >= 11 is 6.06. The van der Waals surface area contributed by atoms with Crippen LogP contribution in [-0.4, -0.2) is 32.2 Å². The number of carbonyl (C=O) groups excluding carboxylic acids is 1. The largest absolute Gasteiger partial charge is 0.510 e. The molecule has 3 atom stereocenters. The molecule has 3 aromatic rings. The van der Waals surface area contributed by atoms with Gasteiger partial charge in [-0.1, -0.05) is 48.0 Å². The first-order valence-corrected chi connectivity index (χ1v) is 10.4. The number of fused-ring (bicyclic) bond motifs is 1. The van der Waals surface area contributed by atoms with Gasteiger partial charge in [0.05, 0.1) is 11.6 Å². The molecule has 30 heavy (non-hydrogen) atoms. The van der Waals surface area contributed by atoms with Crippen molar-refractivity contribution in [2.24, 2.45) is 0 Å². The van der Waals surface area contributed by atoms with Crippen LogP contribution in [0.15, 0.2) is 72.5 Å². The van der Waals surface area contributed by atoms with Crippen molar-refractivity contribution in [1.29, 1.82) is 0 Å². The molecule has 1 aromatic heterocycles. The van der Waals surface area contributed by atoms with E-state index in [4.69, 9.17) is 11.6 Å². The Bertz CT molecular complexity index is 1110.